The summed E-state index contributed by atoms with van der Waals surface area (Å²) in [5.41, 5.74) is 0.924. The second-order valence-corrected chi connectivity index (χ2v) is 4.48. The first-order valence-electron chi connectivity index (χ1n) is 4.85. The van der Waals surface area contributed by atoms with Crippen LogP contribution in [0.2, 0.25) is 0 Å². The summed E-state index contributed by atoms with van der Waals surface area (Å²) >= 11 is 3.27. The van der Waals surface area contributed by atoms with Crippen LogP contribution in [-0.4, -0.2) is 31.4 Å². The molecule has 0 spiro atoms. The monoisotopic (exact) mass is 288 g/mol. The normalized spacial score (nSPS) is 10.2. The van der Waals surface area contributed by atoms with Gasteiger partial charge in [-0.1, -0.05) is 22.0 Å². The second-order valence-electron chi connectivity index (χ2n) is 3.63. The average Bonchev–Trinajstić information content (AvgIpc) is 2.20. The highest BCUT2D eigenvalue weighted by Crippen LogP contribution is 2.17. The lowest BCUT2D eigenvalue weighted by atomic mass is 10.2. The van der Waals surface area contributed by atoms with Crippen LogP contribution in [0.1, 0.15) is 5.56 Å². The van der Waals surface area contributed by atoms with E-state index in [4.69, 9.17) is 0 Å². The number of carbonyl (C=O) groups is 1. The Morgan fingerprint density at radius 2 is 2.19 bits per heavy atom. The molecule has 88 valence electrons. The van der Waals surface area contributed by atoms with Gasteiger partial charge < -0.3 is 10.2 Å². The molecule has 1 aromatic rings. The van der Waals surface area contributed by atoms with E-state index in [0.717, 1.165) is 5.56 Å². The van der Waals surface area contributed by atoms with Crippen molar-refractivity contribution >= 4 is 21.8 Å². The lowest BCUT2D eigenvalue weighted by molar-refractivity contribution is -0.127. The van der Waals surface area contributed by atoms with Gasteiger partial charge in [-0.15, -0.1) is 0 Å². The first-order chi connectivity index (χ1) is 7.50. The van der Waals surface area contributed by atoms with E-state index < -0.39 is 0 Å². The van der Waals surface area contributed by atoms with E-state index in [9.17, 15) is 9.18 Å². The number of hydrogen-bond donors (Lipinski definition) is 1. The van der Waals surface area contributed by atoms with E-state index in [1.165, 1.54) is 17.0 Å². The molecule has 0 atom stereocenters. The second kappa shape index (κ2) is 5.96. The Balaban J connectivity index is 2.46. The Bertz CT molecular complexity index is 382. The minimum absolute atomic E-state index is 0.0123. The summed E-state index contributed by atoms with van der Waals surface area (Å²) < 4.78 is 13.5. The van der Waals surface area contributed by atoms with Gasteiger partial charge in [-0.2, -0.15) is 0 Å². The smallest absolute Gasteiger partial charge is 0.236 e. The minimum Gasteiger partial charge on any atom is -0.348 e. The third-order valence-corrected chi connectivity index (χ3v) is 2.84. The molecular formula is C11H14BrFN2O. The molecule has 0 aromatic heterocycles. The highest BCUT2D eigenvalue weighted by molar-refractivity contribution is 9.10. The van der Waals surface area contributed by atoms with Gasteiger partial charge in [0.05, 0.1) is 6.54 Å². The molecule has 0 heterocycles. The lowest BCUT2D eigenvalue weighted by Gasteiger charge is -2.11. The van der Waals surface area contributed by atoms with Crippen LogP contribution in [0.5, 0.6) is 0 Å². The molecule has 0 saturated heterocycles. The summed E-state index contributed by atoms with van der Waals surface area (Å²) in [6, 6.07) is 4.49. The largest absolute Gasteiger partial charge is 0.348 e. The number of halogens is 2. The molecule has 1 N–H and O–H groups in total. The van der Waals surface area contributed by atoms with Crippen LogP contribution in [-0.2, 0) is 11.3 Å². The Hall–Kier alpha value is -0.940. The predicted molar refractivity (Wildman–Crippen MR) is 64.5 cm³/mol. The molecular weight excluding hydrogens is 275 g/mol. The van der Waals surface area contributed by atoms with Gasteiger partial charge in [-0.3, -0.25) is 4.79 Å². The molecule has 5 heteroatoms. The quantitative estimate of drug-likeness (QED) is 0.916. The molecule has 0 fully saturated rings. The number of nitrogens with zero attached hydrogens (tertiary/aromatic N) is 1. The van der Waals surface area contributed by atoms with E-state index in [1.54, 1.807) is 20.2 Å². The van der Waals surface area contributed by atoms with Crippen LogP contribution in [0.3, 0.4) is 0 Å². The fourth-order valence-electron chi connectivity index (χ4n) is 1.13. The number of nitrogens with one attached hydrogen (secondary N) is 1. The van der Waals surface area contributed by atoms with Gasteiger partial charge in [0, 0.05) is 25.1 Å². The van der Waals surface area contributed by atoms with Crippen LogP contribution >= 0.6 is 15.9 Å². The summed E-state index contributed by atoms with van der Waals surface area (Å²) in [5, 5.41) is 3.00. The summed E-state index contributed by atoms with van der Waals surface area (Å²) in [5.74, 6) is -0.266. The van der Waals surface area contributed by atoms with Crippen molar-refractivity contribution in [1.29, 1.82) is 0 Å². The molecule has 0 bridgehead atoms. The SMILES string of the molecule is CN(C)C(=O)CNCc1ccc(F)cc1Br. The molecule has 0 unspecified atom stereocenters. The van der Waals surface area contributed by atoms with Crippen molar-refractivity contribution in [3.8, 4) is 0 Å². The maximum Gasteiger partial charge on any atom is 0.236 e. The fraction of sp³-hybridized carbons (Fsp3) is 0.364. The van der Waals surface area contributed by atoms with E-state index in [1.807, 2.05) is 0 Å². The lowest BCUT2D eigenvalue weighted by Crippen LogP contribution is -2.32. The van der Waals surface area contributed by atoms with Gasteiger partial charge in [0.25, 0.3) is 0 Å². The topological polar surface area (TPSA) is 32.3 Å². The standard InChI is InChI=1S/C11H14BrFN2O/c1-15(2)11(16)7-14-6-8-3-4-9(13)5-10(8)12/h3-5,14H,6-7H2,1-2H3. The zero-order valence-electron chi connectivity index (χ0n) is 9.26. The highest BCUT2D eigenvalue weighted by atomic mass is 79.9. The Labute approximate surface area is 103 Å². The molecule has 0 aliphatic heterocycles. The molecule has 1 amide bonds. The van der Waals surface area contributed by atoms with Gasteiger partial charge in [0.15, 0.2) is 0 Å². The first kappa shape index (κ1) is 13.1. The third-order valence-electron chi connectivity index (χ3n) is 2.11. The van der Waals surface area contributed by atoms with Crippen LogP contribution in [0, 0.1) is 5.82 Å². The maximum atomic E-state index is 12.8. The molecule has 16 heavy (non-hydrogen) atoms. The van der Waals surface area contributed by atoms with Gasteiger partial charge >= 0.3 is 0 Å². The summed E-state index contributed by atoms with van der Waals surface area (Å²) in [7, 11) is 3.41. The zero-order chi connectivity index (χ0) is 12.1. The summed E-state index contributed by atoms with van der Waals surface area (Å²) in [4.78, 5) is 12.8. The van der Waals surface area contributed by atoms with Crippen LogP contribution < -0.4 is 5.32 Å². The van der Waals surface area contributed by atoms with Crippen molar-refractivity contribution in [2.75, 3.05) is 20.6 Å². The van der Waals surface area contributed by atoms with Crippen molar-refractivity contribution < 1.29 is 9.18 Å². The number of amides is 1. The van der Waals surface area contributed by atoms with Gasteiger partial charge in [-0.25, -0.2) is 4.39 Å². The van der Waals surface area contributed by atoms with Crippen LogP contribution in [0.25, 0.3) is 0 Å². The van der Waals surface area contributed by atoms with Crippen molar-refractivity contribution in [3.63, 3.8) is 0 Å². The first-order valence-corrected chi connectivity index (χ1v) is 5.65. The van der Waals surface area contributed by atoms with E-state index >= 15 is 0 Å². The molecule has 0 aliphatic carbocycles. The van der Waals surface area contributed by atoms with E-state index in [2.05, 4.69) is 21.2 Å². The van der Waals surface area contributed by atoms with Gasteiger partial charge in [0.1, 0.15) is 5.82 Å². The Morgan fingerprint density at radius 1 is 1.50 bits per heavy atom. The molecule has 0 aliphatic rings. The Kier molecular flexibility index (Phi) is 4.89. The number of likely N-dealkylation sites (N-methyl/N-ethyl adjacent to an activating group) is 1. The summed E-state index contributed by atoms with van der Waals surface area (Å²) in [6.07, 6.45) is 0. The van der Waals surface area contributed by atoms with Crippen molar-refractivity contribution in [3.05, 3.63) is 34.1 Å². The van der Waals surface area contributed by atoms with E-state index in [0.29, 0.717) is 11.0 Å². The van der Waals surface area contributed by atoms with Crippen molar-refractivity contribution in [2.24, 2.45) is 0 Å². The van der Waals surface area contributed by atoms with Crippen LogP contribution in [0.4, 0.5) is 4.39 Å². The Morgan fingerprint density at radius 3 is 2.75 bits per heavy atom. The minimum atomic E-state index is -0.278. The van der Waals surface area contributed by atoms with Gasteiger partial charge in [0.2, 0.25) is 5.91 Å². The third kappa shape index (κ3) is 3.90. The van der Waals surface area contributed by atoms with Crippen LogP contribution in [0.15, 0.2) is 22.7 Å². The summed E-state index contributed by atoms with van der Waals surface area (Å²) in [6.45, 7) is 0.803. The number of rotatable bonds is 4. The van der Waals surface area contributed by atoms with Gasteiger partial charge in [-0.05, 0) is 17.7 Å². The zero-order valence-corrected chi connectivity index (χ0v) is 10.8. The molecule has 3 nitrogen and oxygen atoms in total. The highest BCUT2D eigenvalue weighted by Gasteiger charge is 2.04. The molecule has 1 rings (SSSR count). The number of benzene rings is 1. The van der Waals surface area contributed by atoms with Crippen molar-refractivity contribution in [1.82, 2.24) is 10.2 Å². The predicted octanol–water partition coefficient (Wildman–Crippen LogP) is 1.77. The average molecular weight is 289 g/mol. The van der Waals surface area contributed by atoms with Crippen molar-refractivity contribution in [2.45, 2.75) is 6.54 Å². The molecule has 1 aromatic carbocycles. The molecule has 0 saturated carbocycles. The molecule has 0 radical (unpaired) electrons. The number of carbonyl (C=O) groups excluding carboxylic acids is 1. The fourth-order valence-corrected chi connectivity index (χ4v) is 1.62. The van der Waals surface area contributed by atoms with E-state index in [-0.39, 0.29) is 18.3 Å². The number of hydrogen-bond acceptors (Lipinski definition) is 2. The maximum absolute atomic E-state index is 12.8.